The summed E-state index contributed by atoms with van der Waals surface area (Å²) in [5.41, 5.74) is 0.521. The van der Waals surface area contributed by atoms with E-state index in [1.807, 2.05) is 18.2 Å². The van der Waals surface area contributed by atoms with Crippen LogP contribution in [0.2, 0.25) is 0 Å². The fourth-order valence-corrected chi connectivity index (χ4v) is 2.31. The molecular weight excluding hydrogens is 252 g/mol. The maximum absolute atomic E-state index is 11.6. The van der Waals surface area contributed by atoms with Crippen LogP contribution in [0.1, 0.15) is 31.7 Å². The molecule has 0 aliphatic heterocycles. The number of rotatable bonds is 7. The van der Waals surface area contributed by atoms with Gasteiger partial charge in [-0.3, -0.25) is 0 Å². The number of benzene rings is 1. The number of carbonyl (C=O) groups is 1. The number of hydrogen-bond donors (Lipinski definition) is 3. The normalized spacial score (nSPS) is 17.3. The van der Waals surface area contributed by atoms with Gasteiger partial charge in [0.2, 0.25) is 0 Å². The van der Waals surface area contributed by atoms with Crippen molar-refractivity contribution in [2.45, 2.75) is 38.2 Å². The van der Waals surface area contributed by atoms with E-state index in [9.17, 15) is 9.90 Å². The van der Waals surface area contributed by atoms with Gasteiger partial charge < -0.3 is 15.7 Å². The molecule has 1 fully saturated rings. The molecule has 1 aromatic rings. The Bertz CT molecular complexity index is 427. The minimum atomic E-state index is -0.763. The van der Waals surface area contributed by atoms with Gasteiger partial charge in [0.05, 0.1) is 5.60 Å². The Balaban J connectivity index is 1.56. The highest BCUT2D eigenvalue weighted by Gasteiger charge is 2.39. The van der Waals surface area contributed by atoms with E-state index >= 15 is 0 Å². The number of aliphatic hydroxyl groups is 1. The molecule has 110 valence electrons. The lowest BCUT2D eigenvalue weighted by molar-refractivity contribution is 0.0394. The number of urea groups is 1. The highest BCUT2D eigenvalue weighted by molar-refractivity contribution is 5.73. The number of nitrogens with one attached hydrogen (secondary N) is 2. The molecule has 2 rings (SSSR count). The third-order valence-electron chi connectivity index (χ3n) is 3.83. The molecule has 1 aliphatic carbocycles. The van der Waals surface area contributed by atoms with Gasteiger partial charge in [0.1, 0.15) is 0 Å². The van der Waals surface area contributed by atoms with Crippen LogP contribution in [-0.2, 0) is 6.42 Å². The molecule has 1 saturated carbocycles. The van der Waals surface area contributed by atoms with Crippen LogP contribution in [-0.4, -0.2) is 29.8 Å². The molecule has 1 aliphatic rings. The van der Waals surface area contributed by atoms with E-state index in [4.69, 9.17) is 0 Å². The van der Waals surface area contributed by atoms with Gasteiger partial charge in [0.25, 0.3) is 0 Å². The monoisotopic (exact) mass is 276 g/mol. The van der Waals surface area contributed by atoms with E-state index in [0.29, 0.717) is 19.0 Å². The molecule has 4 heteroatoms. The number of hydrogen-bond acceptors (Lipinski definition) is 2. The van der Waals surface area contributed by atoms with Crippen molar-refractivity contribution in [3.63, 3.8) is 0 Å². The molecule has 20 heavy (non-hydrogen) atoms. The first kappa shape index (κ1) is 14.9. The summed E-state index contributed by atoms with van der Waals surface area (Å²) in [4.78, 5) is 11.6. The van der Waals surface area contributed by atoms with Crippen molar-refractivity contribution in [2.75, 3.05) is 13.1 Å². The van der Waals surface area contributed by atoms with Crippen LogP contribution >= 0.6 is 0 Å². The molecule has 0 radical (unpaired) electrons. The predicted molar refractivity (Wildman–Crippen MR) is 79.5 cm³/mol. The van der Waals surface area contributed by atoms with E-state index < -0.39 is 5.60 Å². The van der Waals surface area contributed by atoms with E-state index in [2.05, 4.69) is 22.8 Å². The standard InChI is InChI=1S/C16H24N2O2/c1-16(20,14-9-10-14)12-18-15(19)17-11-5-8-13-6-3-2-4-7-13/h2-4,6-7,14,20H,5,8-12H2,1H3,(H2,17,18,19). The quantitative estimate of drug-likeness (QED) is 0.668. The van der Waals surface area contributed by atoms with Gasteiger partial charge in [0, 0.05) is 13.1 Å². The van der Waals surface area contributed by atoms with Crippen LogP contribution in [0, 0.1) is 5.92 Å². The average molecular weight is 276 g/mol. The Morgan fingerprint density at radius 1 is 1.30 bits per heavy atom. The molecule has 0 aromatic heterocycles. The van der Waals surface area contributed by atoms with E-state index in [0.717, 1.165) is 25.7 Å². The summed E-state index contributed by atoms with van der Waals surface area (Å²) in [6.45, 7) is 2.76. The fraction of sp³-hybridized carbons (Fsp3) is 0.562. The number of amides is 2. The summed E-state index contributed by atoms with van der Waals surface area (Å²) >= 11 is 0. The molecule has 0 bridgehead atoms. The van der Waals surface area contributed by atoms with E-state index in [1.165, 1.54) is 5.56 Å². The maximum atomic E-state index is 11.6. The van der Waals surface area contributed by atoms with Crippen LogP contribution < -0.4 is 10.6 Å². The van der Waals surface area contributed by atoms with Gasteiger partial charge in [-0.15, -0.1) is 0 Å². The van der Waals surface area contributed by atoms with Crippen molar-refractivity contribution < 1.29 is 9.90 Å². The Morgan fingerprint density at radius 2 is 2.00 bits per heavy atom. The lowest BCUT2D eigenvalue weighted by Gasteiger charge is -2.23. The molecule has 4 nitrogen and oxygen atoms in total. The van der Waals surface area contributed by atoms with E-state index in [1.54, 1.807) is 6.92 Å². The first-order chi connectivity index (χ1) is 9.58. The predicted octanol–water partition coefficient (Wildman–Crippen LogP) is 2.08. The lowest BCUT2D eigenvalue weighted by Crippen LogP contribution is -2.46. The zero-order chi connectivity index (χ0) is 14.4. The summed E-state index contributed by atoms with van der Waals surface area (Å²) in [7, 11) is 0. The Kier molecular flexibility index (Phi) is 5.01. The van der Waals surface area contributed by atoms with Gasteiger partial charge >= 0.3 is 6.03 Å². The first-order valence-electron chi connectivity index (χ1n) is 7.36. The summed E-state index contributed by atoms with van der Waals surface area (Å²) in [6, 6.07) is 10.0. The van der Waals surface area contributed by atoms with Gasteiger partial charge in [-0.2, -0.15) is 0 Å². The van der Waals surface area contributed by atoms with Gasteiger partial charge in [-0.25, -0.2) is 4.79 Å². The molecule has 1 aromatic carbocycles. The molecule has 3 N–H and O–H groups in total. The van der Waals surface area contributed by atoms with Crippen molar-refractivity contribution in [3.8, 4) is 0 Å². The zero-order valence-corrected chi connectivity index (χ0v) is 12.1. The van der Waals surface area contributed by atoms with Crippen LogP contribution in [0.15, 0.2) is 30.3 Å². The molecule has 0 saturated heterocycles. The molecule has 1 atom stereocenters. The first-order valence-corrected chi connectivity index (χ1v) is 7.36. The Hall–Kier alpha value is -1.55. The highest BCUT2D eigenvalue weighted by Crippen LogP contribution is 2.38. The number of carbonyl (C=O) groups excluding carboxylic acids is 1. The second-order valence-electron chi connectivity index (χ2n) is 5.83. The highest BCUT2D eigenvalue weighted by atomic mass is 16.3. The molecular formula is C16H24N2O2. The van der Waals surface area contributed by atoms with Crippen LogP contribution in [0.3, 0.4) is 0 Å². The lowest BCUT2D eigenvalue weighted by atomic mass is 10.0. The molecule has 2 amide bonds. The fourth-order valence-electron chi connectivity index (χ4n) is 2.31. The second kappa shape index (κ2) is 6.75. The summed E-state index contributed by atoms with van der Waals surface area (Å²) in [5.74, 6) is 0.348. The Morgan fingerprint density at radius 3 is 2.65 bits per heavy atom. The zero-order valence-electron chi connectivity index (χ0n) is 12.1. The van der Waals surface area contributed by atoms with Gasteiger partial charge in [-0.1, -0.05) is 30.3 Å². The third kappa shape index (κ3) is 4.85. The SMILES string of the molecule is CC(O)(CNC(=O)NCCCc1ccccc1)C1CC1. The average Bonchev–Trinajstić information content (AvgIpc) is 3.28. The largest absolute Gasteiger partial charge is 0.388 e. The third-order valence-corrected chi connectivity index (χ3v) is 3.83. The van der Waals surface area contributed by atoms with Crippen molar-refractivity contribution in [1.82, 2.24) is 10.6 Å². The van der Waals surface area contributed by atoms with Crippen LogP contribution in [0.25, 0.3) is 0 Å². The minimum Gasteiger partial charge on any atom is -0.388 e. The summed E-state index contributed by atoms with van der Waals surface area (Å²) in [5, 5.41) is 15.6. The summed E-state index contributed by atoms with van der Waals surface area (Å²) < 4.78 is 0. The smallest absolute Gasteiger partial charge is 0.314 e. The van der Waals surface area contributed by atoms with Crippen molar-refractivity contribution in [1.29, 1.82) is 0 Å². The van der Waals surface area contributed by atoms with E-state index in [-0.39, 0.29) is 6.03 Å². The van der Waals surface area contributed by atoms with Crippen molar-refractivity contribution in [3.05, 3.63) is 35.9 Å². The van der Waals surface area contributed by atoms with Gasteiger partial charge in [0.15, 0.2) is 0 Å². The molecule has 0 heterocycles. The topological polar surface area (TPSA) is 61.4 Å². The Labute approximate surface area is 120 Å². The van der Waals surface area contributed by atoms with Gasteiger partial charge in [-0.05, 0) is 44.1 Å². The molecule has 1 unspecified atom stereocenters. The van der Waals surface area contributed by atoms with Crippen LogP contribution in [0.4, 0.5) is 4.79 Å². The van der Waals surface area contributed by atoms with Crippen molar-refractivity contribution >= 4 is 6.03 Å². The second-order valence-corrected chi connectivity index (χ2v) is 5.83. The number of aryl methyl sites for hydroxylation is 1. The summed E-state index contributed by atoms with van der Waals surface area (Å²) in [6.07, 6.45) is 4.00. The van der Waals surface area contributed by atoms with Crippen molar-refractivity contribution in [2.24, 2.45) is 5.92 Å². The maximum Gasteiger partial charge on any atom is 0.314 e. The van der Waals surface area contributed by atoms with Crippen LogP contribution in [0.5, 0.6) is 0 Å². The molecule has 0 spiro atoms. The minimum absolute atomic E-state index is 0.195.